The van der Waals surface area contributed by atoms with Crippen molar-refractivity contribution in [3.63, 3.8) is 0 Å². The van der Waals surface area contributed by atoms with Gasteiger partial charge in [-0.25, -0.2) is 0 Å². The fraction of sp³-hybridized carbons (Fsp3) is 0.917. The summed E-state index contributed by atoms with van der Waals surface area (Å²) in [6, 6.07) is 2.29. The van der Waals surface area contributed by atoms with Crippen LogP contribution >= 0.6 is 11.8 Å². The molecule has 16 heavy (non-hydrogen) atoms. The summed E-state index contributed by atoms with van der Waals surface area (Å²) in [5.74, 6) is 1.05. The second-order valence-corrected chi connectivity index (χ2v) is 5.95. The van der Waals surface area contributed by atoms with Crippen LogP contribution in [0.1, 0.15) is 40.0 Å². The zero-order chi connectivity index (χ0) is 12.6. The third-order valence-corrected chi connectivity index (χ3v) is 4.37. The molecule has 3 unspecified atom stereocenters. The van der Waals surface area contributed by atoms with Crippen LogP contribution in [0.25, 0.3) is 0 Å². The molecule has 0 aliphatic heterocycles. The number of hydrogen-bond donors (Lipinski definition) is 2. The molecule has 0 saturated heterocycles. The summed E-state index contributed by atoms with van der Waals surface area (Å²) in [6.45, 7) is 5.80. The number of nitriles is 1. The van der Waals surface area contributed by atoms with E-state index in [4.69, 9.17) is 5.26 Å². The van der Waals surface area contributed by atoms with Gasteiger partial charge in [-0.1, -0.05) is 6.92 Å². The maximum Gasteiger partial charge on any atom is 0.103 e. The Balaban J connectivity index is 3.58. The van der Waals surface area contributed by atoms with Crippen molar-refractivity contribution in [2.45, 2.75) is 56.9 Å². The summed E-state index contributed by atoms with van der Waals surface area (Å²) in [6.07, 6.45) is 2.78. The molecule has 0 aromatic carbocycles. The van der Waals surface area contributed by atoms with Gasteiger partial charge < -0.3 is 10.4 Å². The topological polar surface area (TPSA) is 56.0 Å². The maximum atomic E-state index is 9.31. The summed E-state index contributed by atoms with van der Waals surface area (Å²) in [4.78, 5) is 0. The Morgan fingerprint density at radius 2 is 2.06 bits per heavy atom. The summed E-state index contributed by atoms with van der Waals surface area (Å²) in [7, 11) is 1.83. The molecule has 3 atom stereocenters. The highest BCUT2D eigenvalue weighted by molar-refractivity contribution is 7.99. The van der Waals surface area contributed by atoms with Gasteiger partial charge in [-0.2, -0.15) is 17.0 Å². The zero-order valence-electron chi connectivity index (χ0n) is 10.8. The molecule has 3 nitrogen and oxygen atoms in total. The van der Waals surface area contributed by atoms with Crippen LogP contribution in [0.15, 0.2) is 0 Å². The lowest BCUT2D eigenvalue weighted by atomic mass is 9.97. The summed E-state index contributed by atoms with van der Waals surface area (Å²) < 4.78 is 0. The molecular formula is C12H24N2OS. The molecule has 94 valence electrons. The number of hydrogen-bond acceptors (Lipinski definition) is 4. The first-order valence-corrected chi connectivity index (χ1v) is 6.90. The lowest BCUT2D eigenvalue weighted by Crippen LogP contribution is -2.37. The molecule has 2 N–H and O–H groups in total. The van der Waals surface area contributed by atoms with Crippen LogP contribution < -0.4 is 5.32 Å². The highest BCUT2D eigenvalue weighted by Crippen LogP contribution is 2.18. The predicted octanol–water partition coefficient (Wildman–Crippen LogP) is 2.16. The van der Waals surface area contributed by atoms with E-state index >= 15 is 0 Å². The van der Waals surface area contributed by atoms with Gasteiger partial charge in [-0.3, -0.25) is 0 Å². The molecule has 0 amide bonds. The largest absolute Gasteiger partial charge is 0.392 e. The van der Waals surface area contributed by atoms with E-state index in [2.05, 4.69) is 11.4 Å². The van der Waals surface area contributed by atoms with Gasteiger partial charge in [0.2, 0.25) is 0 Å². The molecule has 0 saturated carbocycles. The van der Waals surface area contributed by atoms with Crippen LogP contribution in [0.5, 0.6) is 0 Å². The minimum absolute atomic E-state index is 0.244. The first-order valence-electron chi connectivity index (χ1n) is 5.85. The lowest BCUT2D eigenvalue weighted by Gasteiger charge is -2.20. The van der Waals surface area contributed by atoms with E-state index in [0.717, 1.165) is 25.0 Å². The molecule has 0 spiro atoms. The van der Waals surface area contributed by atoms with E-state index in [9.17, 15) is 5.11 Å². The molecule has 0 fully saturated rings. The van der Waals surface area contributed by atoms with Gasteiger partial charge in [0.15, 0.2) is 0 Å². The molecule has 0 aromatic heterocycles. The second kappa shape index (κ2) is 7.94. The van der Waals surface area contributed by atoms with E-state index in [1.807, 2.05) is 27.8 Å². The van der Waals surface area contributed by atoms with Crippen LogP contribution in [0.4, 0.5) is 0 Å². The van der Waals surface area contributed by atoms with Gasteiger partial charge in [0.05, 0.1) is 12.2 Å². The van der Waals surface area contributed by atoms with Crippen molar-refractivity contribution in [1.82, 2.24) is 5.32 Å². The number of thioether (sulfide) groups is 1. The van der Waals surface area contributed by atoms with Crippen LogP contribution in [-0.2, 0) is 0 Å². The predicted molar refractivity (Wildman–Crippen MR) is 70.5 cm³/mol. The monoisotopic (exact) mass is 244 g/mol. The average Bonchev–Trinajstić information content (AvgIpc) is 2.27. The smallest absolute Gasteiger partial charge is 0.103 e. The van der Waals surface area contributed by atoms with Gasteiger partial charge in [0.1, 0.15) is 5.54 Å². The van der Waals surface area contributed by atoms with Crippen LogP contribution in [0, 0.1) is 11.3 Å². The van der Waals surface area contributed by atoms with E-state index in [0.29, 0.717) is 5.25 Å². The Hall–Kier alpha value is -0.240. The van der Waals surface area contributed by atoms with Crippen molar-refractivity contribution in [3.05, 3.63) is 0 Å². The number of unbranched alkanes of at least 4 members (excludes halogenated alkanes) is 1. The van der Waals surface area contributed by atoms with Crippen molar-refractivity contribution >= 4 is 11.8 Å². The number of aliphatic hydroxyl groups excluding tert-OH is 1. The molecule has 0 aliphatic rings. The molecule has 0 aliphatic carbocycles. The van der Waals surface area contributed by atoms with Crippen molar-refractivity contribution in [2.75, 3.05) is 12.8 Å². The van der Waals surface area contributed by atoms with Crippen molar-refractivity contribution < 1.29 is 5.11 Å². The fourth-order valence-corrected chi connectivity index (χ4v) is 2.25. The van der Waals surface area contributed by atoms with E-state index in [1.54, 1.807) is 11.8 Å². The van der Waals surface area contributed by atoms with Gasteiger partial charge in [-0.05, 0) is 45.9 Å². The maximum absolute atomic E-state index is 9.31. The average molecular weight is 244 g/mol. The second-order valence-electron chi connectivity index (χ2n) is 4.47. The zero-order valence-corrected chi connectivity index (χ0v) is 11.6. The quantitative estimate of drug-likeness (QED) is 0.642. The van der Waals surface area contributed by atoms with Gasteiger partial charge >= 0.3 is 0 Å². The van der Waals surface area contributed by atoms with Gasteiger partial charge in [0.25, 0.3) is 0 Å². The first kappa shape index (κ1) is 15.8. The molecule has 0 bridgehead atoms. The Morgan fingerprint density at radius 3 is 2.50 bits per heavy atom. The van der Waals surface area contributed by atoms with Crippen LogP contribution in [0.2, 0.25) is 0 Å². The van der Waals surface area contributed by atoms with E-state index in [1.165, 1.54) is 0 Å². The Bertz CT molecular complexity index is 228. The summed E-state index contributed by atoms with van der Waals surface area (Å²) in [5.41, 5.74) is -0.388. The molecule has 0 radical (unpaired) electrons. The number of aliphatic hydroxyl groups is 1. The minimum Gasteiger partial charge on any atom is -0.392 e. The highest BCUT2D eigenvalue weighted by atomic mass is 32.2. The molecule has 0 rings (SSSR count). The summed E-state index contributed by atoms with van der Waals surface area (Å²) >= 11 is 1.80. The van der Waals surface area contributed by atoms with Crippen LogP contribution in [0.3, 0.4) is 0 Å². The van der Waals surface area contributed by atoms with Crippen molar-refractivity contribution in [1.29, 1.82) is 5.26 Å². The van der Waals surface area contributed by atoms with E-state index < -0.39 is 0 Å². The molecular weight excluding hydrogens is 220 g/mol. The SMILES string of the molecule is CNC(C)(C#N)CCCCSC(C)C(C)O. The lowest BCUT2D eigenvalue weighted by molar-refractivity contribution is 0.196. The minimum atomic E-state index is -0.388. The Morgan fingerprint density at radius 1 is 1.44 bits per heavy atom. The number of nitrogens with one attached hydrogen (secondary N) is 1. The number of nitrogens with zero attached hydrogens (tertiary/aromatic N) is 1. The highest BCUT2D eigenvalue weighted by Gasteiger charge is 2.19. The van der Waals surface area contributed by atoms with Crippen molar-refractivity contribution in [2.24, 2.45) is 0 Å². The number of rotatable bonds is 8. The molecule has 0 aromatic rings. The summed E-state index contributed by atoms with van der Waals surface area (Å²) in [5, 5.41) is 21.6. The Labute approximate surface area is 104 Å². The Kier molecular flexibility index (Phi) is 7.82. The molecule has 0 heterocycles. The van der Waals surface area contributed by atoms with Crippen LogP contribution in [-0.4, -0.2) is 34.8 Å². The van der Waals surface area contributed by atoms with E-state index in [-0.39, 0.29) is 11.6 Å². The standard InChI is InChI=1S/C12H24N2OS/c1-10(15)11(2)16-8-6-5-7-12(3,9-13)14-4/h10-11,14-15H,5-8H2,1-4H3. The third kappa shape index (κ3) is 6.37. The molecule has 4 heteroatoms. The first-order chi connectivity index (χ1) is 7.45. The fourth-order valence-electron chi connectivity index (χ4n) is 1.23. The van der Waals surface area contributed by atoms with Crippen molar-refractivity contribution in [3.8, 4) is 6.07 Å². The third-order valence-electron chi connectivity index (χ3n) is 2.93. The van der Waals surface area contributed by atoms with Gasteiger partial charge in [0, 0.05) is 5.25 Å². The van der Waals surface area contributed by atoms with Gasteiger partial charge in [-0.15, -0.1) is 0 Å². The normalized spacial score (nSPS) is 18.5.